The van der Waals surface area contributed by atoms with Crippen molar-refractivity contribution in [3.8, 4) is 5.75 Å². The van der Waals surface area contributed by atoms with Crippen molar-refractivity contribution < 1.29 is 4.74 Å². The predicted octanol–water partition coefficient (Wildman–Crippen LogP) is 4.44. The molecule has 1 aromatic carbocycles. The molecule has 4 rings (SSSR count). The molecule has 1 saturated heterocycles. The van der Waals surface area contributed by atoms with Crippen LogP contribution in [0.25, 0.3) is 0 Å². The van der Waals surface area contributed by atoms with E-state index in [1.165, 1.54) is 16.8 Å². The van der Waals surface area contributed by atoms with Crippen LogP contribution in [0.2, 0.25) is 0 Å². The maximum absolute atomic E-state index is 5.31. The molecule has 1 aliphatic heterocycles. The standard InChI is InChI=1S/C22H25N3OS/c1-17-24-21(16-27-17)22(19-6-4-3-5-7-19)8-10-25(11-9-22)15-18-12-20(26-2)14-23-13-18/h3-7,12-14,16H,8-11,15H2,1-2H3. The fourth-order valence-corrected chi connectivity index (χ4v) is 4.76. The number of aromatic nitrogens is 2. The molecule has 140 valence electrons. The van der Waals surface area contributed by atoms with Gasteiger partial charge in [0.2, 0.25) is 0 Å². The highest BCUT2D eigenvalue weighted by atomic mass is 32.1. The first-order chi connectivity index (χ1) is 13.2. The second-order valence-electron chi connectivity index (χ2n) is 7.21. The highest BCUT2D eigenvalue weighted by molar-refractivity contribution is 7.09. The van der Waals surface area contributed by atoms with Gasteiger partial charge in [-0.2, -0.15) is 0 Å². The number of thiazole rings is 1. The van der Waals surface area contributed by atoms with E-state index in [-0.39, 0.29) is 5.41 Å². The van der Waals surface area contributed by atoms with E-state index in [1.54, 1.807) is 24.6 Å². The van der Waals surface area contributed by atoms with E-state index in [9.17, 15) is 0 Å². The SMILES string of the molecule is COc1cncc(CN2CCC(c3ccccc3)(c3csc(C)n3)CC2)c1. The molecule has 1 aliphatic rings. The highest BCUT2D eigenvalue weighted by Crippen LogP contribution is 2.42. The summed E-state index contributed by atoms with van der Waals surface area (Å²) < 4.78 is 5.31. The summed E-state index contributed by atoms with van der Waals surface area (Å²) in [6.45, 7) is 5.09. The van der Waals surface area contributed by atoms with Gasteiger partial charge in [-0.15, -0.1) is 11.3 Å². The number of pyridine rings is 1. The molecule has 0 amide bonds. The number of ether oxygens (including phenoxy) is 1. The summed E-state index contributed by atoms with van der Waals surface area (Å²) in [7, 11) is 1.69. The largest absolute Gasteiger partial charge is 0.495 e. The first-order valence-electron chi connectivity index (χ1n) is 9.38. The molecule has 1 fully saturated rings. The number of hydrogen-bond acceptors (Lipinski definition) is 5. The van der Waals surface area contributed by atoms with Gasteiger partial charge in [-0.05, 0) is 50.0 Å². The minimum Gasteiger partial charge on any atom is -0.495 e. The Hall–Kier alpha value is -2.24. The first-order valence-corrected chi connectivity index (χ1v) is 10.3. The van der Waals surface area contributed by atoms with E-state index < -0.39 is 0 Å². The number of rotatable bonds is 5. The van der Waals surface area contributed by atoms with Crippen LogP contribution in [0, 0.1) is 6.92 Å². The number of nitrogens with zero attached hydrogens (tertiary/aromatic N) is 3. The Morgan fingerprint density at radius 1 is 1.15 bits per heavy atom. The van der Waals surface area contributed by atoms with Gasteiger partial charge in [0.1, 0.15) is 5.75 Å². The number of aryl methyl sites for hydroxylation is 1. The summed E-state index contributed by atoms with van der Waals surface area (Å²) >= 11 is 1.75. The Kier molecular flexibility index (Phi) is 5.23. The minimum absolute atomic E-state index is 0.0230. The summed E-state index contributed by atoms with van der Waals surface area (Å²) in [6.07, 6.45) is 5.85. The van der Waals surface area contributed by atoms with Crippen molar-refractivity contribution in [3.05, 3.63) is 76.0 Å². The van der Waals surface area contributed by atoms with E-state index in [0.717, 1.165) is 43.2 Å². The van der Waals surface area contributed by atoms with Gasteiger partial charge in [-0.25, -0.2) is 4.98 Å². The van der Waals surface area contributed by atoms with Crippen LogP contribution >= 0.6 is 11.3 Å². The van der Waals surface area contributed by atoms with Crippen molar-refractivity contribution in [2.75, 3.05) is 20.2 Å². The maximum Gasteiger partial charge on any atom is 0.137 e. The zero-order chi connectivity index (χ0) is 18.7. The van der Waals surface area contributed by atoms with Gasteiger partial charge in [-0.3, -0.25) is 9.88 Å². The van der Waals surface area contributed by atoms with Crippen LogP contribution in [0.4, 0.5) is 0 Å². The third kappa shape index (κ3) is 3.75. The molecular weight excluding hydrogens is 354 g/mol. The molecule has 2 aromatic heterocycles. The summed E-state index contributed by atoms with van der Waals surface area (Å²) in [5, 5.41) is 3.40. The van der Waals surface area contributed by atoms with Crippen LogP contribution in [0.15, 0.2) is 54.2 Å². The Morgan fingerprint density at radius 3 is 2.59 bits per heavy atom. The molecule has 0 aliphatic carbocycles. The van der Waals surface area contributed by atoms with Crippen molar-refractivity contribution in [1.82, 2.24) is 14.9 Å². The first kappa shape index (κ1) is 18.1. The molecule has 0 spiro atoms. The van der Waals surface area contributed by atoms with Gasteiger partial charge in [0, 0.05) is 23.5 Å². The summed E-state index contributed by atoms with van der Waals surface area (Å²) in [5.41, 5.74) is 3.85. The van der Waals surface area contributed by atoms with Crippen LogP contribution in [-0.4, -0.2) is 35.1 Å². The second-order valence-corrected chi connectivity index (χ2v) is 8.27. The minimum atomic E-state index is 0.0230. The second kappa shape index (κ2) is 7.79. The zero-order valence-electron chi connectivity index (χ0n) is 15.9. The Balaban J connectivity index is 1.55. The zero-order valence-corrected chi connectivity index (χ0v) is 16.7. The lowest BCUT2D eigenvalue weighted by atomic mass is 9.70. The molecule has 3 heterocycles. The third-order valence-corrected chi connectivity index (χ3v) is 6.33. The van der Waals surface area contributed by atoms with Crippen molar-refractivity contribution in [3.63, 3.8) is 0 Å². The number of benzene rings is 1. The van der Waals surface area contributed by atoms with E-state index in [2.05, 4.69) is 58.6 Å². The molecule has 27 heavy (non-hydrogen) atoms. The molecule has 0 atom stereocenters. The van der Waals surface area contributed by atoms with Gasteiger partial charge < -0.3 is 4.74 Å². The van der Waals surface area contributed by atoms with Gasteiger partial charge in [-0.1, -0.05) is 30.3 Å². The topological polar surface area (TPSA) is 38.2 Å². The van der Waals surface area contributed by atoms with Crippen LogP contribution in [0.1, 0.15) is 34.7 Å². The summed E-state index contributed by atoms with van der Waals surface area (Å²) in [5.74, 6) is 0.820. The smallest absolute Gasteiger partial charge is 0.137 e. The van der Waals surface area contributed by atoms with Crippen molar-refractivity contribution >= 4 is 11.3 Å². The van der Waals surface area contributed by atoms with E-state index >= 15 is 0 Å². The fraction of sp³-hybridized carbons (Fsp3) is 0.364. The molecule has 0 N–H and O–H groups in total. The maximum atomic E-state index is 5.31. The molecule has 4 nitrogen and oxygen atoms in total. The van der Waals surface area contributed by atoms with E-state index in [1.807, 2.05) is 6.20 Å². The lowest BCUT2D eigenvalue weighted by Gasteiger charge is -2.41. The van der Waals surface area contributed by atoms with Crippen LogP contribution in [0.5, 0.6) is 5.75 Å². The molecule has 0 saturated carbocycles. The van der Waals surface area contributed by atoms with Gasteiger partial charge in [0.15, 0.2) is 0 Å². The average molecular weight is 380 g/mol. The van der Waals surface area contributed by atoms with Gasteiger partial charge in [0.25, 0.3) is 0 Å². The van der Waals surface area contributed by atoms with Crippen molar-refractivity contribution in [2.45, 2.75) is 31.7 Å². The Labute approximate surface area is 164 Å². The van der Waals surface area contributed by atoms with E-state index in [0.29, 0.717) is 0 Å². The lowest BCUT2D eigenvalue weighted by Crippen LogP contribution is -2.43. The Bertz CT molecular complexity index is 885. The molecule has 3 aromatic rings. The molecule has 5 heteroatoms. The Morgan fingerprint density at radius 2 is 1.93 bits per heavy atom. The van der Waals surface area contributed by atoms with Crippen LogP contribution < -0.4 is 4.74 Å². The van der Waals surface area contributed by atoms with Crippen molar-refractivity contribution in [2.24, 2.45) is 0 Å². The quantitative estimate of drug-likeness (QED) is 0.657. The molecule has 0 unspecified atom stereocenters. The molecular formula is C22H25N3OS. The van der Waals surface area contributed by atoms with Crippen molar-refractivity contribution in [1.29, 1.82) is 0 Å². The third-order valence-electron chi connectivity index (χ3n) is 5.56. The number of hydrogen-bond donors (Lipinski definition) is 0. The number of likely N-dealkylation sites (tertiary alicyclic amines) is 1. The van der Waals surface area contributed by atoms with Crippen LogP contribution in [-0.2, 0) is 12.0 Å². The van der Waals surface area contributed by atoms with Gasteiger partial charge >= 0.3 is 0 Å². The molecule has 0 radical (unpaired) electrons. The van der Waals surface area contributed by atoms with Gasteiger partial charge in [0.05, 0.1) is 24.0 Å². The predicted molar refractivity (Wildman–Crippen MR) is 109 cm³/mol. The molecule has 0 bridgehead atoms. The fourth-order valence-electron chi connectivity index (χ4n) is 4.05. The number of piperidine rings is 1. The average Bonchev–Trinajstić information content (AvgIpc) is 3.16. The summed E-state index contributed by atoms with van der Waals surface area (Å²) in [6, 6.07) is 13.0. The van der Waals surface area contributed by atoms with E-state index in [4.69, 9.17) is 9.72 Å². The monoisotopic (exact) mass is 379 g/mol. The lowest BCUT2D eigenvalue weighted by molar-refractivity contribution is 0.170. The normalized spacial score (nSPS) is 17.0. The summed E-state index contributed by atoms with van der Waals surface area (Å²) in [4.78, 5) is 11.7. The highest BCUT2D eigenvalue weighted by Gasteiger charge is 2.39. The number of methoxy groups -OCH3 is 1. The van der Waals surface area contributed by atoms with Crippen LogP contribution in [0.3, 0.4) is 0 Å².